The number of carbonyl (C=O) groups excluding carboxylic acids is 4. The van der Waals surface area contributed by atoms with Gasteiger partial charge < -0.3 is 29.7 Å². The number of nitrogens with zero attached hydrogens (tertiary/aromatic N) is 2. The molecule has 10 nitrogen and oxygen atoms in total. The molecule has 4 aliphatic rings. The zero-order chi connectivity index (χ0) is 31.9. The van der Waals surface area contributed by atoms with Gasteiger partial charge in [0, 0.05) is 18.5 Å². The lowest BCUT2D eigenvalue weighted by atomic mass is 9.74. The summed E-state index contributed by atoms with van der Waals surface area (Å²) in [5.41, 5.74) is -2.10. The first-order valence-electron chi connectivity index (χ1n) is 15.8. The van der Waals surface area contributed by atoms with Gasteiger partial charge in [-0.15, -0.1) is 0 Å². The van der Waals surface area contributed by atoms with E-state index < -0.39 is 53.2 Å². The molecule has 0 radical (unpaired) electrons. The number of ether oxygens (including phenoxy) is 2. The number of cyclic esters (lactones) is 1. The summed E-state index contributed by atoms with van der Waals surface area (Å²) in [6, 6.07) is -1.71. The van der Waals surface area contributed by atoms with Crippen LogP contribution >= 0.6 is 0 Å². The van der Waals surface area contributed by atoms with Crippen LogP contribution in [0.4, 0.5) is 0 Å². The second-order valence-corrected chi connectivity index (χ2v) is 14.6. The number of aliphatic hydroxyl groups is 1. The van der Waals surface area contributed by atoms with Crippen molar-refractivity contribution in [1.82, 2.24) is 15.1 Å². The molecule has 0 aromatic rings. The van der Waals surface area contributed by atoms with E-state index in [2.05, 4.69) is 26.1 Å². The minimum absolute atomic E-state index is 0.108. The molecule has 4 rings (SSSR count). The molecule has 3 amide bonds. The van der Waals surface area contributed by atoms with Gasteiger partial charge in [-0.2, -0.15) is 0 Å². The van der Waals surface area contributed by atoms with E-state index in [1.807, 2.05) is 39.8 Å². The molecule has 8 atom stereocenters. The lowest BCUT2D eigenvalue weighted by Crippen LogP contribution is -2.63. The largest absolute Gasteiger partial charge is 0.460 e. The van der Waals surface area contributed by atoms with Crippen molar-refractivity contribution in [2.75, 3.05) is 19.7 Å². The van der Waals surface area contributed by atoms with Gasteiger partial charge in [0.05, 0.1) is 31.2 Å². The van der Waals surface area contributed by atoms with Gasteiger partial charge in [0.25, 0.3) is 0 Å². The Balaban J connectivity index is 1.87. The fourth-order valence-electron chi connectivity index (χ4n) is 7.68. The van der Waals surface area contributed by atoms with Crippen molar-refractivity contribution in [2.24, 2.45) is 23.2 Å². The lowest BCUT2D eigenvalue weighted by Gasteiger charge is -2.46. The molecule has 240 valence electrons. The van der Waals surface area contributed by atoms with Crippen molar-refractivity contribution < 1.29 is 33.8 Å². The first-order chi connectivity index (χ1) is 20.1. The number of likely N-dealkylation sites (tertiary alicyclic amines) is 1. The van der Waals surface area contributed by atoms with Crippen LogP contribution in [0.2, 0.25) is 0 Å². The van der Waals surface area contributed by atoms with E-state index in [-0.39, 0.29) is 55.2 Å². The van der Waals surface area contributed by atoms with Crippen molar-refractivity contribution in [2.45, 2.75) is 117 Å². The summed E-state index contributed by atoms with van der Waals surface area (Å²) < 4.78 is 12.3. The third-order valence-electron chi connectivity index (χ3n) is 9.52. The van der Waals surface area contributed by atoms with E-state index >= 15 is 4.79 Å². The van der Waals surface area contributed by atoms with Crippen molar-refractivity contribution in [3.05, 3.63) is 24.3 Å². The maximum atomic E-state index is 15.0. The van der Waals surface area contributed by atoms with Crippen molar-refractivity contribution >= 4 is 23.7 Å². The van der Waals surface area contributed by atoms with E-state index in [4.69, 9.17) is 9.47 Å². The number of carbonyl (C=O) groups is 4. The molecule has 0 aromatic heterocycles. The number of amides is 3. The maximum absolute atomic E-state index is 15.0. The third-order valence-corrected chi connectivity index (χ3v) is 9.52. The number of aliphatic hydroxyl groups excluding tert-OH is 1. The average Bonchev–Trinajstić information content (AvgIpc) is 3.55. The monoisotopic (exact) mass is 601 g/mol. The van der Waals surface area contributed by atoms with Gasteiger partial charge in [0.15, 0.2) is 0 Å². The van der Waals surface area contributed by atoms with Gasteiger partial charge in [-0.3, -0.25) is 19.2 Å². The van der Waals surface area contributed by atoms with Crippen LogP contribution in [0, 0.1) is 23.2 Å². The predicted octanol–water partition coefficient (Wildman–Crippen LogP) is 2.99. The second-order valence-electron chi connectivity index (χ2n) is 14.6. The molecule has 0 aromatic carbocycles. The summed E-state index contributed by atoms with van der Waals surface area (Å²) in [5, 5.41) is 13.4. The quantitative estimate of drug-likeness (QED) is 0.354. The highest BCUT2D eigenvalue weighted by Crippen LogP contribution is 2.56. The van der Waals surface area contributed by atoms with E-state index in [1.165, 1.54) is 4.90 Å². The molecule has 0 saturated carbocycles. The first kappa shape index (κ1) is 33.2. The van der Waals surface area contributed by atoms with E-state index in [0.717, 1.165) is 0 Å². The number of allylic oxidation sites excluding steroid dienone is 1. The molecule has 2 fully saturated rings. The molecule has 4 heterocycles. The highest BCUT2D eigenvalue weighted by molar-refractivity contribution is 5.99. The fraction of sp³-hybridized carbons (Fsp3) is 0.758. The Labute approximate surface area is 256 Å². The van der Waals surface area contributed by atoms with Crippen LogP contribution in [0.1, 0.15) is 81.1 Å². The molecule has 2 N–H and O–H groups in total. The Morgan fingerprint density at radius 2 is 1.81 bits per heavy atom. The Bertz CT molecular complexity index is 1160. The number of fused-ring (bicyclic) bond motifs is 2. The minimum atomic E-state index is -1.37. The number of hydrogen-bond acceptors (Lipinski definition) is 7. The van der Waals surface area contributed by atoms with E-state index in [0.29, 0.717) is 19.3 Å². The van der Waals surface area contributed by atoms with Gasteiger partial charge in [-0.25, -0.2) is 0 Å². The van der Waals surface area contributed by atoms with Gasteiger partial charge in [-0.1, -0.05) is 65.3 Å². The molecule has 1 spiro atoms. The van der Waals surface area contributed by atoms with Crippen LogP contribution in [-0.4, -0.2) is 93.7 Å². The molecule has 43 heavy (non-hydrogen) atoms. The fourth-order valence-corrected chi connectivity index (χ4v) is 7.68. The van der Waals surface area contributed by atoms with Gasteiger partial charge >= 0.3 is 5.97 Å². The molecule has 4 aliphatic heterocycles. The zero-order valence-corrected chi connectivity index (χ0v) is 27.1. The van der Waals surface area contributed by atoms with E-state index in [1.54, 1.807) is 24.0 Å². The Morgan fingerprint density at radius 1 is 1.12 bits per heavy atom. The Morgan fingerprint density at radius 3 is 2.44 bits per heavy atom. The first-order valence-corrected chi connectivity index (χ1v) is 15.8. The Hall–Kier alpha value is -2.72. The van der Waals surface area contributed by atoms with Gasteiger partial charge in [0.2, 0.25) is 17.7 Å². The maximum Gasteiger partial charge on any atom is 0.313 e. The number of nitrogens with one attached hydrogen (secondary N) is 1. The Kier molecular flexibility index (Phi) is 9.53. The second kappa shape index (κ2) is 12.3. The molecule has 5 bridgehead atoms. The molecular formula is C33H51N3O7. The summed E-state index contributed by atoms with van der Waals surface area (Å²) in [6.45, 7) is 16.2. The standard InChI is InChI=1S/C33H51N3O7/c1-9-20(2)22(18-37)36-27-29(40)35(32(7,8)19-31(4,5)6)16-12-10-11-13-24(38)34-17-21(3)42-30(41)25-23-14-15-33(27,43-23)26(25)28(36)39/h10,12,14-15,20-23,25-27,37H,9,11,13,16-19H2,1-8H3,(H,34,38)/b12-10-/t20-,21-,22-,23+,25-,26-,27+,33-/m0/s1. The molecular weight excluding hydrogens is 550 g/mol. The summed E-state index contributed by atoms with van der Waals surface area (Å²) in [4.78, 5) is 59.0. The van der Waals surface area contributed by atoms with E-state index in [9.17, 15) is 19.5 Å². The van der Waals surface area contributed by atoms with Crippen LogP contribution in [0.5, 0.6) is 0 Å². The van der Waals surface area contributed by atoms with Crippen LogP contribution in [-0.2, 0) is 28.7 Å². The smallest absolute Gasteiger partial charge is 0.313 e. The predicted molar refractivity (Wildman–Crippen MR) is 161 cm³/mol. The molecule has 2 saturated heterocycles. The SMILES string of the molecule is CC[C@H](C)[C@H](CO)N1C(=O)[C@@H]2[C@H]3C(=O)O[C@@H](C)CNC(=O)CC/C=C\CN(C(C)(C)CC(C)(C)C)C(=O)[C@@H]1[C@]21C=C[C@H]3O1. The van der Waals surface area contributed by atoms with Crippen LogP contribution in [0.15, 0.2) is 24.3 Å². The van der Waals surface area contributed by atoms with Crippen LogP contribution in [0.3, 0.4) is 0 Å². The topological polar surface area (TPSA) is 125 Å². The summed E-state index contributed by atoms with van der Waals surface area (Å²) in [7, 11) is 0. The van der Waals surface area contributed by atoms with Gasteiger partial charge in [-0.05, 0) is 44.9 Å². The van der Waals surface area contributed by atoms with Crippen molar-refractivity contribution in [3.8, 4) is 0 Å². The highest BCUT2D eigenvalue weighted by Gasteiger charge is 2.74. The molecule has 0 aliphatic carbocycles. The lowest BCUT2D eigenvalue weighted by molar-refractivity contribution is -0.160. The number of hydrogen-bond donors (Lipinski definition) is 2. The van der Waals surface area contributed by atoms with Crippen molar-refractivity contribution in [3.63, 3.8) is 0 Å². The summed E-state index contributed by atoms with van der Waals surface area (Å²) in [5.74, 6) is -3.44. The average molecular weight is 602 g/mol. The molecule has 10 heteroatoms. The summed E-state index contributed by atoms with van der Waals surface area (Å²) in [6.07, 6.45) is 8.14. The highest BCUT2D eigenvalue weighted by atomic mass is 16.6. The molecule has 0 unspecified atom stereocenters. The number of esters is 1. The minimum Gasteiger partial charge on any atom is -0.460 e. The van der Waals surface area contributed by atoms with Crippen molar-refractivity contribution in [1.29, 1.82) is 0 Å². The van der Waals surface area contributed by atoms with Crippen LogP contribution in [0.25, 0.3) is 0 Å². The van der Waals surface area contributed by atoms with Gasteiger partial charge in [0.1, 0.15) is 23.7 Å². The van der Waals surface area contributed by atoms with Crippen LogP contribution < -0.4 is 5.32 Å². The normalized spacial score (nSPS) is 34.2. The third kappa shape index (κ3) is 6.27. The number of rotatable bonds is 6. The summed E-state index contributed by atoms with van der Waals surface area (Å²) >= 11 is 0. The zero-order valence-electron chi connectivity index (χ0n) is 27.1.